The number of aryl methyl sites for hydroxylation is 1. The van der Waals surface area contributed by atoms with Crippen LogP contribution in [0.1, 0.15) is 12.5 Å². The van der Waals surface area contributed by atoms with Gasteiger partial charge in [-0.05, 0) is 36.2 Å². The van der Waals surface area contributed by atoms with Gasteiger partial charge in [0.2, 0.25) is 5.75 Å². The van der Waals surface area contributed by atoms with E-state index in [4.69, 9.17) is 21.1 Å². The van der Waals surface area contributed by atoms with Crippen LogP contribution in [-0.2, 0) is 6.42 Å². The number of hydrogen-bond acceptors (Lipinski definition) is 4. The van der Waals surface area contributed by atoms with Crippen LogP contribution in [0, 0.1) is 10.1 Å². The second-order valence-electron chi connectivity index (χ2n) is 4.28. The number of benzene rings is 2. The molecule has 0 aromatic heterocycles. The van der Waals surface area contributed by atoms with Crippen molar-refractivity contribution in [2.75, 3.05) is 7.11 Å². The quantitative estimate of drug-likeness (QED) is 0.597. The van der Waals surface area contributed by atoms with Crippen LogP contribution in [-0.4, -0.2) is 12.0 Å². The molecular weight excluding hydrogens is 294 g/mol. The third-order valence-electron chi connectivity index (χ3n) is 2.99. The van der Waals surface area contributed by atoms with Crippen LogP contribution in [0.4, 0.5) is 5.69 Å². The Labute approximate surface area is 127 Å². The highest BCUT2D eigenvalue weighted by molar-refractivity contribution is 6.32. The lowest BCUT2D eigenvalue weighted by Gasteiger charge is -2.12. The summed E-state index contributed by atoms with van der Waals surface area (Å²) in [4.78, 5) is 10.5. The van der Waals surface area contributed by atoms with E-state index in [0.29, 0.717) is 11.5 Å². The van der Waals surface area contributed by atoms with E-state index in [0.717, 1.165) is 12.0 Å². The summed E-state index contributed by atoms with van der Waals surface area (Å²) in [6.45, 7) is 2.02. The van der Waals surface area contributed by atoms with E-state index in [9.17, 15) is 10.1 Å². The number of para-hydroxylation sites is 1. The SMILES string of the molecule is CCc1ccc(Oc2cccc(Cl)c2[N+](=O)[O-])c(OC)c1. The van der Waals surface area contributed by atoms with Crippen LogP contribution >= 0.6 is 11.6 Å². The van der Waals surface area contributed by atoms with E-state index in [1.54, 1.807) is 12.1 Å². The number of rotatable bonds is 5. The predicted molar refractivity (Wildman–Crippen MR) is 80.6 cm³/mol. The summed E-state index contributed by atoms with van der Waals surface area (Å²) in [5.74, 6) is 0.999. The molecule has 0 unspecified atom stereocenters. The first-order valence-electron chi connectivity index (χ1n) is 6.34. The summed E-state index contributed by atoms with van der Waals surface area (Å²) >= 11 is 5.86. The highest BCUT2D eigenvalue weighted by atomic mass is 35.5. The van der Waals surface area contributed by atoms with Crippen molar-refractivity contribution in [3.8, 4) is 17.2 Å². The van der Waals surface area contributed by atoms with Crippen LogP contribution in [0.2, 0.25) is 5.02 Å². The minimum Gasteiger partial charge on any atom is -0.493 e. The molecule has 0 aliphatic carbocycles. The molecule has 110 valence electrons. The average molecular weight is 308 g/mol. The summed E-state index contributed by atoms with van der Waals surface area (Å²) in [5.41, 5.74) is 0.820. The van der Waals surface area contributed by atoms with Crippen molar-refractivity contribution in [3.05, 3.63) is 57.1 Å². The van der Waals surface area contributed by atoms with Crippen molar-refractivity contribution in [2.24, 2.45) is 0 Å². The molecular formula is C15H14ClNO4. The zero-order valence-corrected chi connectivity index (χ0v) is 12.4. The van der Waals surface area contributed by atoms with Gasteiger partial charge in [0.15, 0.2) is 11.5 Å². The van der Waals surface area contributed by atoms with Gasteiger partial charge in [0, 0.05) is 0 Å². The molecule has 0 N–H and O–H groups in total. The Morgan fingerprint density at radius 1 is 1.19 bits per heavy atom. The first-order chi connectivity index (χ1) is 10.1. The van der Waals surface area contributed by atoms with Gasteiger partial charge in [0.05, 0.1) is 12.0 Å². The maximum Gasteiger partial charge on any atom is 0.329 e. The summed E-state index contributed by atoms with van der Waals surface area (Å²) in [6.07, 6.45) is 0.855. The molecule has 0 atom stereocenters. The number of nitrogens with zero attached hydrogens (tertiary/aromatic N) is 1. The molecule has 0 aliphatic rings. The van der Waals surface area contributed by atoms with E-state index in [1.807, 2.05) is 19.1 Å². The standard InChI is InChI=1S/C15H14ClNO4/c1-3-10-7-8-12(14(9-10)20-2)21-13-6-4-5-11(16)15(13)17(18)19/h4-9H,3H2,1-2H3. The fraction of sp³-hybridized carbons (Fsp3) is 0.200. The van der Waals surface area contributed by atoms with Gasteiger partial charge in [-0.25, -0.2) is 0 Å². The lowest BCUT2D eigenvalue weighted by atomic mass is 10.1. The Bertz CT molecular complexity index is 673. The zero-order valence-electron chi connectivity index (χ0n) is 11.6. The minimum absolute atomic E-state index is 0.0293. The first kappa shape index (κ1) is 15.1. The van der Waals surface area contributed by atoms with Gasteiger partial charge < -0.3 is 9.47 Å². The lowest BCUT2D eigenvalue weighted by Crippen LogP contribution is -1.96. The van der Waals surface area contributed by atoms with Gasteiger partial charge >= 0.3 is 5.69 Å². The molecule has 0 amide bonds. The van der Waals surface area contributed by atoms with Crippen molar-refractivity contribution in [2.45, 2.75) is 13.3 Å². The Morgan fingerprint density at radius 3 is 2.57 bits per heavy atom. The summed E-state index contributed by atoms with van der Waals surface area (Å²) in [7, 11) is 1.52. The molecule has 2 aromatic rings. The topological polar surface area (TPSA) is 61.6 Å². The van der Waals surface area contributed by atoms with Gasteiger partial charge in [0.25, 0.3) is 0 Å². The molecule has 0 heterocycles. The van der Waals surface area contributed by atoms with E-state index < -0.39 is 4.92 Å². The van der Waals surface area contributed by atoms with Crippen LogP contribution in [0.5, 0.6) is 17.2 Å². The molecule has 2 rings (SSSR count). The van der Waals surface area contributed by atoms with E-state index in [2.05, 4.69) is 0 Å². The van der Waals surface area contributed by atoms with Crippen LogP contribution in [0.3, 0.4) is 0 Å². The minimum atomic E-state index is -0.565. The Morgan fingerprint density at radius 2 is 1.95 bits per heavy atom. The van der Waals surface area contributed by atoms with Gasteiger partial charge in [-0.2, -0.15) is 0 Å². The molecule has 0 saturated heterocycles. The molecule has 0 fully saturated rings. The molecule has 5 nitrogen and oxygen atoms in total. The smallest absolute Gasteiger partial charge is 0.329 e. The summed E-state index contributed by atoms with van der Waals surface area (Å²) < 4.78 is 10.9. The van der Waals surface area contributed by atoms with Crippen molar-refractivity contribution in [1.82, 2.24) is 0 Å². The Kier molecular flexibility index (Phi) is 4.65. The van der Waals surface area contributed by atoms with Gasteiger partial charge in [0.1, 0.15) is 5.02 Å². The van der Waals surface area contributed by atoms with E-state index in [1.165, 1.54) is 19.2 Å². The number of methoxy groups -OCH3 is 1. The van der Waals surface area contributed by atoms with Gasteiger partial charge in [-0.1, -0.05) is 30.7 Å². The van der Waals surface area contributed by atoms with Crippen molar-refractivity contribution < 1.29 is 14.4 Å². The Balaban J connectivity index is 2.43. The van der Waals surface area contributed by atoms with Crippen molar-refractivity contribution in [3.63, 3.8) is 0 Å². The first-order valence-corrected chi connectivity index (χ1v) is 6.72. The largest absolute Gasteiger partial charge is 0.493 e. The second-order valence-corrected chi connectivity index (χ2v) is 4.69. The molecule has 2 aromatic carbocycles. The van der Waals surface area contributed by atoms with Crippen LogP contribution in [0.25, 0.3) is 0 Å². The molecule has 0 spiro atoms. The number of ether oxygens (including phenoxy) is 2. The number of nitro benzene ring substituents is 1. The molecule has 0 radical (unpaired) electrons. The van der Waals surface area contributed by atoms with Crippen molar-refractivity contribution >= 4 is 17.3 Å². The molecule has 6 heteroatoms. The number of nitro groups is 1. The third kappa shape index (κ3) is 3.25. The molecule has 0 aliphatic heterocycles. The van der Waals surface area contributed by atoms with Crippen LogP contribution in [0.15, 0.2) is 36.4 Å². The zero-order chi connectivity index (χ0) is 15.4. The third-order valence-corrected chi connectivity index (χ3v) is 3.29. The van der Waals surface area contributed by atoms with Gasteiger partial charge in [-0.15, -0.1) is 0 Å². The summed E-state index contributed by atoms with van der Waals surface area (Å²) in [5, 5.41) is 11.1. The van der Waals surface area contributed by atoms with E-state index >= 15 is 0 Å². The molecule has 0 saturated carbocycles. The molecule has 0 bridgehead atoms. The lowest BCUT2D eigenvalue weighted by molar-refractivity contribution is -0.385. The highest BCUT2D eigenvalue weighted by Crippen LogP contribution is 2.39. The van der Waals surface area contributed by atoms with Crippen molar-refractivity contribution in [1.29, 1.82) is 0 Å². The monoisotopic (exact) mass is 307 g/mol. The Hall–Kier alpha value is -2.27. The fourth-order valence-corrected chi connectivity index (χ4v) is 2.12. The number of halogens is 1. The fourth-order valence-electron chi connectivity index (χ4n) is 1.89. The summed E-state index contributed by atoms with van der Waals surface area (Å²) in [6, 6.07) is 9.99. The molecule has 21 heavy (non-hydrogen) atoms. The normalized spacial score (nSPS) is 10.2. The van der Waals surface area contributed by atoms with Crippen LogP contribution < -0.4 is 9.47 Å². The maximum absolute atomic E-state index is 11.1. The maximum atomic E-state index is 11.1. The second kappa shape index (κ2) is 6.45. The van der Waals surface area contributed by atoms with E-state index in [-0.39, 0.29) is 16.5 Å². The van der Waals surface area contributed by atoms with Gasteiger partial charge in [-0.3, -0.25) is 10.1 Å². The highest BCUT2D eigenvalue weighted by Gasteiger charge is 2.21. The average Bonchev–Trinajstić information content (AvgIpc) is 2.47. The predicted octanol–water partition coefficient (Wildman–Crippen LogP) is 4.61. The number of hydrogen-bond donors (Lipinski definition) is 0.